The molecule has 104 valence electrons. The summed E-state index contributed by atoms with van der Waals surface area (Å²) < 4.78 is 4.90. The van der Waals surface area contributed by atoms with Crippen LogP contribution in [0.4, 0.5) is 0 Å². The van der Waals surface area contributed by atoms with Crippen molar-refractivity contribution in [3.05, 3.63) is 0 Å². The van der Waals surface area contributed by atoms with E-state index in [4.69, 9.17) is 10.5 Å². The van der Waals surface area contributed by atoms with Crippen molar-refractivity contribution in [3.8, 4) is 0 Å². The number of carbonyl (C=O) groups excluding carboxylic acids is 2. The molecule has 0 heterocycles. The summed E-state index contributed by atoms with van der Waals surface area (Å²) in [6.07, 6.45) is 3.07. The Hall–Kier alpha value is -1.14. The van der Waals surface area contributed by atoms with Gasteiger partial charge in [-0.05, 0) is 45.7 Å². The SMILES string of the molecule is CNC(CCC(NC)(C(=O)OC)C1CC1)C(N)=O. The van der Waals surface area contributed by atoms with Crippen LogP contribution < -0.4 is 16.4 Å². The van der Waals surface area contributed by atoms with E-state index in [-0.39, 0.29) is 5.97 Å². The molecule has 0 aromatic heterocycles. The van der Waals surface area contributed by atoms with Crippen LogP contribution >= 0.6 is 0 Å². The van der Waals surface area contributed by atoms with Gasteiger partial charge in [0.2, 0.25) is 5.91 Å². The number of esters is 1. The second-order valence-electron chi connectivity index (χ2n) is 4.77. The third-order valence-corrected chi connectivity index (χ3v) is 3.79. The number of nitrogens with one attached hydrogen (secondary N) is 2. The van der Waals surface area contributed by atoms with Gasteiger partial charge in [0.25, 0.3) is 0 Å². The van der Waals surface area contributed by atoms with E-state index in [2.05, 4.69) is 10.6 Å². The van der Waals surface area contributed by atoms with Gasteiger partial charge in [0.05, 0.1) is 13.2 Å². The van der Waals surface area contributed by atoms with Crippen molar-refractivity contribution in [3.63, 3.8) is 0 Å². The molecule has 2 atom stereocenters. The molecule has 6 heteroatoms. The lowest BCUT2D eigenvalue weighted by atomic mass is 9.86. The van der Waals surface area contributed by atoms with Crippen LogP contribution in [0.2, 0.25) is 0 Å². The summed E-state index contributed by atoms with van der Waals surface area (Å²) in [4.78, 5) is 23.2. The number of likely N-dealkylation sites (N-methyl/N-ethyl adjacent to an activating group) is 2. The van der Waals surface area contributed by atoms with E-state index in [1.165, 1.54) is 7.11 Å². The number of rotatable bonds is 8. The van der Waals surface area contributed by atoms with Gasteiger partial charge in [0.15, 0.2) is 0 Å². The first-order valence-corrected chi connectivity index (χ1v) is 6.25. The predicted molar refractivity (Wildman–Crippen MR) is 67.8 cm³/mol. The molecule has 1 aliphatic carbocycles. The van der Waals surface area contributed by atoms with Gasteiger partial charge in [-0.2, -0.15) is 0 Å². The fourth-order valence-electron chi connectivity index (χ4n) is 2.46. The molecular weight excluding hydrogens is 234 g/mol. The van der Waals surface area contributed by atoms with Gasteiger partial charge in [-0.15, -0.1) is 0 Å². The molecule has 1 amide bonds. The highest BCUT2D eigenvalue weighted by molar-refractivity contribution is 5.82. The maximum absolute atomic E-state index is 12.0. The van der Waals surface area contributed by atoms with E-state index in [0.29, 0.717) is 18.8 Å². The quantitative estimate of drug-likeness (QED) is 0.504. The van der Waals surface area contributed by atoms with E-state index >= 15 is 0 Å². The van der Waals surface area contributed by atoms with Crippen molar-refractivity contribution >= 4 is 11.9 Å². The normalized spacial score (nSPS) is 19.9. The van der Waals surface area contributed by atoms with Crippen LogP contribution in [0.25, 0.3) is 0 Å². The number of amides is 1. The number of ether oxygens (including phenoxy) is 1. The molecule has 0 saturated heterocycles. The summed E-state index contributed by atoms with van der Waals surface area (Å²) in [6, 6.07) is -0.416. The van der Waals surface area contributed by atoms with Crippen LogP contribution in [0.3, 0.4) is 0 Å². The maximum Gasteiger partial charge on any atom is 0.326 e. The van der Waals surface area contributed by atoms with Crippen LogP contribution in [0.15, 0.2) is 0 Å². The Morgan fingerprint density at radius 1 is 1.44 bits per heavy atom. The Kier molecular flexibility index (Phi) is 5.10. The minimum Gasteiger partial charge on any atom is -0.468 e. The van der Waals surface area contributed by atoms with Gasteiger partial charge >= 0.3 is 5.97 Å². The first kappa shape index (κ1) is 14.9. The fourth-order valence-corrected chi connectivity index (χ4v) is 2.46. The van der Waals surface area contributed by atoms with E-state index in [9.17, 15) is 9.59 Å². The van der Waals surface area contributed by atoms with E-state index in [0.717, 1.165) is 12.8 Å². The van der Waals surface area contributed by atoms with Crippen molar-refractivity contribution < 1.29 is 14.3 Å². The Bertz CT molecular complexity index is 318. The highest BCUT2D eigenvalue weighted by Gasteiger charge is 2.50. The molecule has 4 N–H and O–H groups in total. The van der Waals surface area contributed by atoms with Crippen LogP contribution in [0.5, 0.6) is 0 Å². The van der Waals surface area contributed by atoms with Gasteiger partial charge in [0, 0.05) is 0 Å². The molecule has 18 heavy (non-hydrogen) atoms. The Morgan fingerprint density at radius 2 is 2.06 bits per heavy atom. The van der Waals surface area contributed by atoms with Crippen molar-refractivity contribution in [2.75, 3.05) is 21.2 Å². The van der Waals surface area contributed by atoms with Gasteiger partial charge in [-0.25, -0.2) is 0 Å². The molecular formula is C12H23N3O3. The number of methoxy groups -OCH3 is 1. The second kappa shape index (κ2) is 6.15. The highest BCUT2D eigenvalue weighted by Crippen LogP contribution is 2.42. The Labute approximate surface area is 108 Å². The zero-order valence-electron chi connectivity index (χ0n) is 11.3. The number of hydrogen-bond donors (Lipinski definition) is 3. The summed E-state index contributed by atoms with van der Waals surface area (Å²) in [5.41, 5.74) is 4.60. The highest BCUT2D eigenvalue weighted by atomic mass is 16.5. The molecule has 1 saturated carbocycles. The summed E-state index contributed by atoms with van der Waals surface area (Å²) >= 11 is 0. The van der Waals surface area contributed by atoms with Crippen LogP contribution in [-0.2, 0) is 14.3 Å². The zero-order valence-corrected chi connectivity index (χ0v) is 11.3. The van der Waals surface area contributed by atoms with Gasteiger partial charge < -0.3 is 21.1 Å². The molecule has 1 fully saturated rings. The number of nitrogens with two attached hydrogens (primary N) is 1. The fraction of sp³-hybridized carbons (Fsp3) is 0.833. The lowest BCUT2D eigenvalue weighted by molar-refractivity contribution is -0.150. The minimum absolute atomic E-state index is 0.258. The number of carbonyl (C=O) groups is 2. The predicted octanol–water partition coefficient (Wildman–Crippen LogP) is -0.619. The molecule has 0 radical (unpaired) electrons. The van der Waals surface area contributed by atoms with Crippen molar-refractivity contribution in [1.82, 2.24) is 10.6 Å². The van der Waals surface area contributed by atoms with E-state index < -0.39 is 17.5 Å². The van der Waals surface area contributed by atoms with Crippen LogP contribution in [-0.4, -0.2) is 44.7 Å². The molecule has 0 aromatic carbocycles. The summed E-state index contributed by atoms with van der Waals surface area (Å²) in [7, 11) is 4.83. The maximum atomic E-state index is 12.0. The molecule has 0 spiro atoms. The molecule has 1 rings (SSSR count). The van der Waals surface area contributed by atoms with Crippen molar-refractivity contribution in [2.24, 2.45) is 11.7 Å². The number of primary amides is 1. The molecule has 1 aliphatic rings. The van der Waals surface area contributed by atoms with Crippen molar-refractivity contribution in [2.45, 2.75) is 37.3 Å². The first-order valence-electron chi connectivity index (χ1n) is 6.25. The molecule has 0 aromatic rings. The third-order valence-electron chi connectivity index (χ3n) is 3.79. The lowest BCUT2D eigenvalue weighted by Gasteiger charge is -2.31. The average Bonchev–Trinajstić information content (AvgIpc) is 3.18. The third kappa shape index (κ3) is 3.00. The summed E-state index contributed by atoms with van der Waals surface area (Å²) in [5.74, 6) is -0.365. The van der Waals surface area contributed by atoms with E-state index in [1.54, 1.807) is 14.1 Å². The Balaban J connectivity index is 2.72. The minimum atomic E-state index is -0.681. The molecule has 0 aliphatic heterocycles. The Morgan fingerprint density at radius 3 is 2.39 bits per heavy atom. The van der Waals surface area contributed by atoms with Crippen LogP contribution in [0.1, 0.15) is 25.7 Å². The standard InChI is InChI=1S/C12H23N3O3/c1-14-9(10(13)16)6-7-12(15-2,8-4-5-8)11(17)18-3/h8-9,14-15H,4-7H2,1-3H3,(H2,13,16). The molecule has 0 bridgehead atoms. The summed E-state index contributed by atoms with van der Waals surface area (Å²) in [6.45, 7) is 0. The van der Waals surface area contributed by atoms with Gasteiger partial charge in [-0.3, -0.25) is 9.59 Å². The lowest BCUT2D eigenvalue weighted by Crippen LogP contribution is -2.54. The molecule has 6 nitrogen and oxygen atoms in total. The van der Waals surface area contributed by atoms with Gasteiger partial charge in [-0.1, -0.05) is 0 Å². The zero-order chi connectivity index (χ0) is 13.8. The average molecular weight is 257 g/mol. The van der Waals surface area contributed by atoms with Gasteiger partial charge in [0.1, 0.15) is 5.54 Å². The number of hydrogen-bond acceptors (Lipinski definition) is 5. The van der Waals surface area contributed by atoms with Crippen LogP contribution in [0, 0.1) is 5.92 Å². The first-order chi connectivity index (χ1) is 8.51. The summed E-state index contributed by atoms with van der Waals surface area (Å²) in [5, 5.41) is 5.95. The monoisotopic (exact) mass is 257 g/mol. The van der Waals surface area contributed by atoms with Crippen molar-refractivity contribution in [1.29, 1.82) is 0 Å². The topological polar surface area (TPSA) is 93.4 Å². The second-order valence-corrected chi connectivity index (χ2v) is 4.77. The largest absolute Gasteiger partial charge is 0.468 e. The smallest absolute Gasteiger partial charge is 0.326 e. The van der Waals surface area contributed by atoms with E-state index in [1.807, 2.05) is 0 Å². The molecule has 2 unspecified atom stereocenters.